The Hall–Kier alpha value is -1.03. The Balaban J connectivity index is 2.96. The second-order valence-electron chi connectivity index (χ2n) is 1.54. The van der Waals surface area contributed by atoms with Crippen molar-refractivity contribution >= 4 is 17.5 Å². The molecular weight excluding hydrogens is 154 g/mol. The molecule has 0 aliphatic rings. The fraction of sp³-hybridized carbons (Fsp3) is 0.200. The number of hydrogen-bond donors (Lipinski definition) is 1. The molecule has 0 radical (unpaired) electrons. The van der Waals surface area contributed by atoms with Gasteiger partial charge in [0.25, 0.3) is 0 Å². The quantitative estimate of drug-likeness (QED) is 0.656. The van der Waals surface area contributed by atoms with Gasteiger partial charge in [0.2, 0.25) is 5.88 Å². The summed E-state index contributed by atoms with van der Waals surface area (Å²) in [5, 5.41) is 0. The van der Waals surface area contributed by atoms with Gasteiger partial charge in [-0.2, -0.15) is 4.98 Å². The Labute approximate surface area is 63.3 Å². The van der Waals surface area contributed by atoms with Crippen molar-refractivity contribution in [2.24, 2.45) is 0 Å². The van der Waals surface area contributed by atoms with Crippen LogP contribution in [0.5, 0.6) is 5.88 Å². The van der Waals surface area contributed by atoms with Gasteiger partial charge in [0.05, 0.1) is 13.3 Å². The minimum atomic E-state index is 0.435. The van der Waals surface area contributed by atoms with Crippen LogP contribution < -0.4 is 9.57 Å². The Bertz CT molecular complexity index is 195. The van der Waals surface area contributed by atoms with Crippen molar-refractivity contribution in [2.75, 3.05) is 11.9 Å². The van der Waals surface area contributed by atoms with Gasteiger partial charge in [0.15, 0.2) is 0 Å². The molecule has 0 unspecified atom stereocenters. The Morgan fingerprint density at radius 3 is 3.00 bits per heavy atom. The number of rotatable bonds is 2. The third-order valence-corrected chi connectivity index (χ3v) is 1.17. The predicted octanol–water partition coefficient (Wildman–Crippen LogP) is 1.05. The standard InChI is InChI=1S/C5H6ClN3O/c1-10-5-4(9-6)2-7-3-8-5/h2-3,9H,1H3. The highest BCUT2D eigenvalue weighted by Gasteiger charge is 1.99. The molecule has 0 fully saturated rings. The fourth-order valence-corrected chi connectivity index (χ4v) is 0.676. The predicted molar refractivity (Wildman–Crippen MR) is 38.1 cm³/mol. The molecule has 0 amide bonds. The summed E-state index contributed by atoms with van der Waals surface area (Å²) in [6.07, 6.45) is 2.91. The molecule has 1 aromatic rings. The molecule has 10 heavy (non-hydrogen) atoms. The minimum absolute atomic E-state index is 0.435. The zero-order valence-corrected chi connectivity index (χ0v) is 6.09. The number of ether oxygens (including phenoxy) is 1. The van der Waals surface area contributed by atoms with Crippen molar-refractivity contribution in [1.82, 2.24) is 9.97 Å². The smallest absolute Gasteiger partial charge is 0.241 e. The molecule has 0 aliphatic carbocycles. The number of nitrogens with zero attached hydrogens (tertiary/aromatic N) is 2. The average Bonchev–Trinajstić information content (AvgIpc) is 2.04. The van der Waals surface area contributed by atoms with Crippen LogP contribution in [0, 0.1) is 0 Å². The van der Waals surface area contributed by atoms with Crippen LogP contribution in [0.2, 0.25) is 0 Å². The molecule has 1 aromatic heterocycles. The molecule has 1 rings (SSSR count). The van der Waals surface area contributed by atoms with Crippen LogP contribution in [0.25, 0.3) is 0 Å². The van der Waals surface area contributed by atoms with E-state index < -0.39 is 0 Å². The average molecular weight is 160 g/mol. The summed E-state index contributed by atoms with van der Waals surface area (Å²) in [6.45, 7) is 0. The lowest BCUT2D eigenvalue weighted by Crippen LogP contribution is -1.92. The Morgan fingerprint density at radius 1 is 1.70 bits per heavy atom. The largest absolute Gasteiger partial charge is 0.479 e. The monoisotopic (exact) mass is 159 g/mol. The van der Waals surface area contributed by atoms with Crippen LogP contribution in [0.4, 0.5) is 5.69 Å². The van der Waals surface area contributed by atoms with E-state index in [9.17, 15) is 0 Å². The van der Waals surface area contributed by atoms with E-state index in [1.807, 2.05) is 0 Å². The Kier molecular flexibility index (Phi) is 2.28. The zero-order chi connectivity index (χ0) is 7.40. The van der Waals surface area contributed by atoms with Gasteiger partial charge in [-0.05, 0) is 0 Å². The minimum Gasteiger partial charge on any atom is -0.479 e. The summed E-state index contributed by atoms with van der Waals surface area (Å²) in [5.74, 6) is 0.435. The van der Waals surface area contributed by atoms with Gasteiger partial charge in [-0.15, -0.1) is 0 Å². The SMILES string of the molecule is COc1ncncc1NCl. The summed E-state index contributed by atoms with van der Waals surface area (Å²) in [6, 6.07) is 0. The third-order valence-electron chi connectivity index (χ3n) is 0.971. The summed E-state index contributed by atoms with van der Waals surface area (Å²) in [5.41, 5.74) is 0.562. The van der Waals surface area contributed by atoms with Crippen LogP contribution in [0.1, 0.15) is 0 Å². The fourth-order valence-electron chi connectivity index (χ4n) is 0.546. The molecular formula is C5H6ClN3O. The molecule has 5 heteroatoms. The zero-order valence-electron chi connectivity index (χ0n) is 5.34. The number of halogens is 1. The molecule has 0 bridgehead atoms. The molecule has 0 spiro atoms. The van der Waals surface area contributed by atoms with Crippen molar-refractivity contribution < 1.29 is 4.74 Å². The summed E-state index contributed by atoms with van der Waals surface area (Å²) in [7, 11) is 1.51. The van der Waals surface area contributed by atoms with Gasteiger partial charge < -0.3 is 4.74 Å². The molecule has 1 N–H and O–H groups in total. The van der Waals surface area contributed by atoms with Gasteiger partial charge in [0, 0.05) is 11.8 Å². The number of methoxy groups -OCH3 is 1. The van der Waals surface area contributed by atoms with Gasteiger partial charge in [-0.25, -0.2) is 4.98 Å². The number of hydrogen-bond acceptors (Lipinski definition) is 4. The van der Waals surface area contributed by atoms with Crippen molar-refractivity contribution in [3.05, 3.63) is 12.5 Å². The summed E-state index contributed by atoms with van der Waals surface area (Å²) < 4.78 is 4.84. The highest BCUT2D eigenvalue weighted by Crippen LogP contribution is 2.18. The maximum absolute atomic E-state index is 5.30. The van der Waals surface area contributed by atoms with Gasteiger partial charge >= 0.3 is 0 Å². The molecule has 1 heterocycles. The highest BCUT2D eigenvalue weighted by atomic mass is 35.5. The van der Waals surface area contributed by atoms with E-state index in [1.165, 1.54) is 19.6 Å². The molecule has 0 aliphatic heterocycles. The van der Waals surface area contributed by atoms with Crippen LogP contribution in [0.3, 0.4) is 0 Å². The Morgan fingerprint density at radius 2 is 2.50 bits per heavy atom. The number of nitrogens with one attached hydrogen (secondary N) is 1. The maximum Gasteiger partial charge on any atom is 0.241 e. The molecule has 0 saturated carbocycles. The van der Waals surface area contributed by atoms with E-state index in [0.717, 1.165) is 0 Å². The molecule has 0 aromatic carbocycles. The van der Waals surface area contributed by atoms with Gasteiger partial charge in [0.1, 0.15) is 12.0 Å². The lowest BCUT2D eigenvalue weighted by Gasteiger charge is -2.01. The lowest BCUT2D eigenvalue weighted by molar-refractivity contribution is 0.399. The first kappa shape index (κ1) is 7.08. The van der Waals surface area contributed by atoms with Crippen molar-refractivity contribution in [1.29, 1.82) is 0 Å². The molecule has 54 valence electrons. The van der Waals surface area contributed by atoms with E-state index in [1.54, 1.807) is 0 Å². The van der Waals surface area contributed by atoms with Gasteiger partial charge in [-0.1, -0.05) is 0 Å². The van der Waals surface area contributed by atoms with E-state index >= 15 is 0 Å². The van der Waals surface area contributed by atoms with E-state index in [4.69, 9.17) is 16.5 Å². The van der Waals surface area contributed by atoms with E-state index in [0.29, 0.717) is 11.6 Å². The molecule has 0 saturated heterocycles. The second kappa shape index (κ2) is 3.22. The van der Waals surface area contributed by atoms with Crippen LogP contribution in [-0.4, -0.2) is 17.1 Å². The van der Waals surface area contributed by atoms with Crippen molar-refractivity contribution in [3.63, 3.8) is 0 Å². The third kappa shape index (κ3) is 1.27. The topological polar surface area (TPSA) is 47.0 Å². The lowest BCUT2D eigenvalue weighted by atomic mass is 10.5. The first-order valence-electron chi connectivity index (χ1n) is 2.59. The summed E-state index contributed by atoms with van der Waals surface area (Å²) >= 11 is 5.30. The van der Waals surface area contributed by atoms with Crippen molar-refractivity contribution in [2.45, 2.75) is 0 Å². The van der Waals surface area contributed by atoms with Crippen LogP contribution in [-0.2, 0) is 0 Å². The summed E-state index contributed by atoms with van der Waals surface area (Å²) in [4.78, 5) is 9.88. The maximum atomic E-state index is 5.30. The highest BCUT2D eigenvalue weighted by molar-refractivity contribution is 6.24. The second-order valence-corrected chi connectivity index (χ2v) is 1.73. The molecule has 0 atom stereocenters. The first-order valence-corrected chi connectivity index (χ1v) is 2.97. The van der Waals surface area contributed by atoms with E-state index in [2.05, 4.69) is 14.8 Å². The van der Waals surface area contributed by atoms with Crippen molar-refractivity contribution in [3.8, 4) is 5.88 Å². The van der Waals surface area contributed by atoms with Crippen LogP contribution in [0.15, 0.2) is 12.5 Å². The van der Waals surface area contributed by atoms with E-state index in [-0.39, 0.29) is 0 Å². The van der Waals surface area contributed by atoms with Gasteiger partial charge in [-0.3, -0.25) is 4.84 Å². The molecule has 4 nitrogen and oxygen atoms in total. The van der Waals surface area contributed by atoms with Crippen LogP contribution >= 0.6 is 11.8 Å². The number of anilines is 1. The normalized spacial score (nSPS) is 9.00. The first-order chi connectivity index (χ1) is 4.88. The number of aromatic nitrogens is 2.